The zero-order valence-corrected chi connectivity index (χ0v) is 12.6. The van der Waals surface area contributed by atoms with Crippen LogP contribution in [0.15, 0.2) is 53.3 Å². The largest absolute Gasteiger partial charge is 0.396 e. The quantitative estimate of drug-likeness (QED) is 0.789. The molecule has 0 unspecified atom stereocenters. The molecule has 6 heteroatoms. The van der Waals surface area contributed by atoms with E-state index in [0.29, 0.717) is 23.6 Å². The number of hydrogen-bond acceptors (Lipinski definition) is 3. The van der Waals surface area contributed by atoms with Crippen molar-refractivity contribution in [3.63, 3.8) is 0 Å². The maximum absolute atomic E-state index is 12.9. The third-order valence-corrected chi connectivity index (χ3v) is 3.82. The molecular formula is C15H12BrFN4. The third kappa shape index (κ3) is 2.95. The first-order chi connectivity index (χ1) is 10.1. The second-order valence-electron chi connectivity index (χ2n) is 4.58. The van der Waals surface area contributed by atoms with Crippen molar-refractivity contribution >= 4 is 21.6 Å². The first-order valence-corrected chi connectivity index (χ1v) is 7.11. The van der Waals surface area contributed by atoms with E-state index in [0.717, 1.165) is 16.2 Å². The van der Waals surface area contributed by atoms with E-state index in [1.54, 1.807) is 16.9 Å². The van der Waals surface area contributed by atoms with Crippen LogP contribution in [0.25, 0.3) is 11.4 Å². The summed E-state index contributed by atoms with van der Waals surface area (Å²) >= 11 is 3.51. The van der Waals surface area contributed by atoms with Crippen molar-refractivity contribution in [1.29, 1.82) is 0 Å². The summed E-state index contributed by atoms with van der Waals surface area (Å²) in [5.74, 6) is -0.384. The molecule has 0 bridgehead atoms. The topological polar surface area (TPSA) is 56.7 Å². The lowest BCUT2D eigenvalue weighted by Gasteiger charge is -2.04. The number of nitrogen functional groups attached to an aromatic ring is 1. The Morgan fingerprint density at radius 3 is 2.71 bits per heavy atom. The zero-order valence-electron chi connectivity index (χ0n) is 11.0. The van der Waals surface area contributed by atoms with Crippen molar-refractivity contribution in [3.05, 3.63) is 64.6 Å². The predicted octanol–water partition coefficient (Wildman–Crippen LogP) is 3.48. The van der Waals surface area contributed by atoms with Gasteiger partial charge in [-0.2, -0.15) is 5.10 Å². The van der Waals surface area contributed by atoms with Crippen LogP contribution in [0.2, 0.25) is 0 Å². The Labute approximate surface area is 129 Å². The highest BCUT2D eigenvalue weighted by atomic mass is 79.9. The van der Waals surface area contributed by atoms with Gasteiger partial charge in [0.1, 0.15) is 11.5 Å². The number of pyridine rings is 1. The number of hydrogen-bond donors (Lipinski definition) is 1. The molecular weight excluding hydrogens is 335 g/mol. The highest BCUT2D eigenvalue weighted by molar-refractivity contribution is 9.10. The molecule has 0 amide bonds. The smallest absolute Gasteiger partial charge is 0.141 e. The minimum absolute atomic E-state index is 0.384. The number of aromatic nitrogens is 3. The Morgan fingerprint density at radius 2 is 2.00 bits per heavy atom. The van der Waals surface area contributed by atoms with E-state index in [9.17, 15) is 4.39 Å². The SMILES string of the molecule is Nc1cn(Cc2ccccc2Br)nc1-c1ccc(F)cn1. The second kappa shape index (κ2) is 5.65. The standard InChI is InChI=1S/C15H12BrFN4/c16-12-4-2-1-3-10(12)8-21-9-13(18)15(20-21)14-6-5-11(17)7-19-14/h1-7,9H,8,18H2. The van der Waals surface area contributed by atoms with E-state index in [1.165, 1.54) is 6.07 Å². The molecule has 106 valence electrons. The predicted molar refractivity (Wildman–Crippen MR) is 83.1 cm³/mol. The lowest BCUT2D eigenvalue weighted by molar-refractivity contribution is 0.621. The van der Waals surface area contributed by atoms with Gasteiger partial charge in [0, 0.05) is 10.7 Å². The van der Waals surface area contributed by atoms with Gasteiger partial charge in [-0.1, -0.05) is 34.1 Å². The van der Waals surface area contributed by atoms with Gasteiger partial charge in [0.15, 0.2) is 0 Å². The Bertz CT molecular complexity index is 768. The number of rotatable bonds is 3. The number of halogens is 2. The molecule has 3 aromatic rings. The van der Waals surface area contributed by atoms with Crippen molar-refractivity contribution < 1.29 is 4.39 Å². The number of nitrogens with zero attached hydrogens (tertiary/aromatic N) is 3. The van der Waals surface area contributed by atoms with E-state index in [4.69, 9.17) is 5.73 Å². The van der Waals surface area contributed by atoms with Crippen LogP contribution in [0.4, 0.5) is 10.1 Å². The summed E-state index contributed by atoms with van der Waals surface area (Å²) < 4.78 is 15.7. The third-order valence-electron chi connectivity index (χ3n) is 3.05. The maximum atomic E-state index is 12.9. The van der Waals surface area contributed by atoms with E-state index >= 15 is 0 Å². The molecule has 21 heavy (non-hydrogen) atoms. The summed E-state index contributed by atoms with van der Waals surface area (Å²) in [6.07, 6.45) is 2.90. The highest BCUT2D eigenvalue weighted by Crippen LogP contribution is 2.23. The molecule has 0 aliphatic rings. The molecule has 1 aromatic carbocycles. The molecule has 0 aliphatic heterocycles. The Morgan fingerprint density at radius 1 is 1.19 bits per heavy atom. The minimum atomic E-state index is -0.384. The molecule has 0 saturated carbocycles. The molecule has 2 aromatic heterocycles. The van der Waals surface area contributed by atoms with Crippen molar-refractivity contribution in [2.75, 3.05) is 5.73 Å². The van der Waals surface area contributed by atoms with Crippen LogP contribution in [-0.2, 0) is 6.54 Å². The van der Waals surface area contributed by atoms with Crippen molar-refractivity contribution in [2.24, 2.45) is 0 Å². The van der Waals surface area contributed by atoms with Gasteiger partial charge in [-0.05, 0) is 23.8 Å². The molecule has 4 nitrogen and oxygen atoms in total. The summed E-state index contributed by atoms with van der Waals surface area (Å²) in [5.41, 5.74) is 8.70. The van der Waals surface area contributed by atoms with E-state index in [1.807, 2.05) is 24.3 Å². The van der Waals surface area contributed by atoms with Gasteiger partial charge in [0.2, 0.25) is 0 Å². The molecule has 0 saturated heterocycles. The first kappa shape index (κ1) is 13.8. The Kier molecular flexibility index (Phi) is 3.70. The van der Waals surface area contributed by atoms with Crippen LogP contribution < -0.4 is 5.73 Å². The molecule has 2 heterocycles. The summed E-state index contributed by atoms with van der Waals surface area (Å²) in [6, 6.07) is 10.8. The van der Waals surface area contributed by atoms with Crippen LogP contribution in [0.5, 0.6) is 0 Å². The van der Waals surface area contributed by atoms with Crippen molar-refractivity contribution in [3.8, 4) is 11.4 Å². The lowest BCUT2D eigenvalue weighted by atomic mass is 10.2. The molecule has 0 fully saturated rings. The molecule has 0 spiro atoms. The molecule has 0 atom stereocenters. The van der Waals surface area contributed by atoms with Gasteiger partial charge >= 0.3 is 0 Å². The normalized spacial score (nSPS) is 10.8. The van der Waals surface area contributed by atoms with Gasteiger partial charge in [-0.3, -0.25) is 9.67 Å². The van der Waals surface area contributed by atoms with Gasteiger partial charge in [-0.25, -0.2) is 4.39 Å². The Hall–Kier alpha value is -2.21. The van der Waals surface area contributed by atoms with Gasteiger partial charge in [0.05, 0.1) is 24.1 Å². The Balaban J connectivity index is 1.91. The fraction of sp³-hybridized carbons (Fsp3) is 0.0667. The minimum Gasteiger partial charge on any atom is -0.396 e. The van der Waals surface area contributed by atoms with Crippen LogP contribution >= 0.6 is 15.9 Å². The highest BCUT2D eigenvalue weighted by Gasteiger charge is 2.11. The van der Waals surface area contributed by atoms with Gasteiger partial charge < -0.3 is 5.73 Å². The average molecular weight is 347 g/mol. The monoisotopic (exact) mass is 346 g/mol. The number of benzene rings is 1. The summed E-state index contributed by atoms with van der Waals surface area (Å²) in [7, 11) is 0. The van der Waals surface area contributed by atoms with Crippen LogP contribution in [0.3, 0.4) is 0 Å². The van der Waals surface area contributed by atoms with Gasteiger partial charge in [-0.15, -0.1) is 0 Å². The van der Waals surface area contributed by atoms with Crippen LogP contribution in [-0.4, -0.2) is 14.8 Å². The first-order valence-electron chi connectivity index (χ1n) is 6.32. The summed E-state index contributed by atoms with van der Waals surface area (Å²) in [4.78, 5) is 4.01. The molecule has 3 rings (SSSR count). The van der Waals surface area contributed by atoms with E-state index < -0.39 is 0 Å². The zero-order chi connectivity index (χ0) is 14.8. The number of anilines is 1. The van der Waals surface area contributed by atoms with E-state index in [2.05, 4.69) is 26.0 Å². The van der Waals surface area contributed by atoms with Crippen molar-refractivity contribution in [2.45, 2.75) is 6.54 Å². The molecule has 0 aliphatic carbocycles. The number of nitrogens with two attached hydrogens (primary N) is 1. The second-order valence-corrected chi connectivity index (χ2v) is 5.44. The molecule has 0 radical (unpaired) electrons. The van der Waals surface area contributed by atoms with Gasteiger partial charge in [0.25, 0.3) is 0 Å². The molecule has 2 N–H and O–H groups in total. The van der Waals surface area contributed by atoms with Crippen LogP contribution in [0, 0.1) is 5.82 Å². The fourth-order valence-corrected chi connectivity index (χ4v) is 2.44. The van der Waals surface area contributed by atoms with Crippen LogP contribution in [0.1, 0.15) is 5.56 Å². The van der Waals surface area contributed by atoms with Crippen molar-refractivity contribution in [1.82, 2.24) is 14.8 Å². The summed E-state index contributed by atoms with van der Waals surface area (Å²) in [6.45, 7) is 0.590. The van der Waals surface area contributed by atoms with E-state index in [-0.39, 0.29) is 5.82 Å². The fourth-order valence-electron chi connectivity index (χ4n) is 2.03. The summed E-state index contributed by atoms with van der Waals surface area (Å²) in [5, 5.41) is 4.43. The lowest BCUT2D eigenvalue weighted by Crippen LogP contribution is -2.01. The average Bonchev–Trinajstić information content (AvgIpc) is 2.83. The maximum Gasteiger partial charge on any atom is 0.141 e.